The molecule has 0 saturated carbocycles. The van der Waals surface area contributed by atoms with E-state index >= 15 is 0 Å². The van der Waals surface area contributed by atoms with Gasteiger partial charge in [0.05, 0.1) is 30.4 Å². The molecule has 0 aliphatic carbocycles. The molecule has 0 bridgehead atoms. The van der Waals surface area contributed by atoms with Crippen LogP contribution in [0, 0.1) is 13.8 Å². The Labute approximate surface area is 151 Å². The number of carbonyl (C=O) groups excluding carboxylic acids is 1. The molecule has 3 heterocycles. The molecule has 0 radical (unpaired) electrons. The summed E-state index contributed by atoms with van der Waals surface area (Å²) in [4.78, 5) is 20.2. The van der Waals surface area contributed by atoms with Gasteiger partial charge in [0, 0.05) is 18.3 Å². The van der Waals surface area contributed by atoms with Crippen LogP contribution in [0.15, 0.2) is 12.5 Å². The summed E-state index contributed by atoms with van der Waals surface area (Å²) in [5, 5.41) is 13.0. The molecule has 26 heavy (non-hydrogen) atoms. The van der Waals surface area contributed by atoms with Gasteiger partial charge in [0.1, 0.15) is 18.7 Å². The van der Waals surface area contributed by atoms with E-state index in [1.165, 1.54) is 23.7 Å². The Bertz CT molecular complexity index is 944. The van der Waals surface area contributed by atoms with Crippen molar-refractivity contribution in [2.24, 2.45) is 7.05 Å². The molecule has 9 heteroatoms. The van der Waals surface area contributed by atoms with E-state index in [2.05, 4.69) is 39.3 Å². The first-order chi connectivity index (χ1) is 12.5. The molecule has 3 rings (SSSR count). The van der Waals surface area contributed by atoms with E-state index in [9.17, 15) is 4.79 Å². The molecular weight excluding hydrogens is 334 g/mol. The summed E-state index contributed by atoms with van der Waals surface area (Å²) < 4.78 is 8.10. The summed E-state index contributed by atoms with van der Waals surface area (Å²) in [6.07, 6.45) is 4.00. The quantitative estimate of drug-likeness (QED) is 0.673. The lowest BCUT2D eigenvalue weighted by atomic mass is 10.0. The zero-order chi connectivity index (χ0) is 18.8. The first-order valence-electron chi connectivity index (χ1n) is 8.46. The van der Waals surface area contributed by atoms with Gasteiger partial charge in [-0.15, -0.1) is 0 Å². The standard InChI is InChI=1S/C17H23N7O2/c1-6-13(15-10(2)22-23(4)11(15)3)21-16-12-7-20-24(8-14(25)26-5)17(12)19-9-18-16/h7,9,13H,6,8H2,1-5H3,(H,18,19,21). The zero-order valence-corrected chi connectivity index (χ0v) is 15.6. The summed E-state index contributed by atoms with van der Waals surface area (Å²) in [6, 6.07) is 0.0609. The van der Waals surface area contributed by atoms with Crippen molar-refractivity contribution in [2.45, 2.75) is 39.8 Å². The number of carbonyl (C=O) groups is 1. The van der Waals surface area contributed by atoms with Crippen LogP contribution in [-0.2, 0) is 23.1 Å². The molecule has 0 fully saturated rings. The van der Waals surface area contributed by atoms with E-state index in [1.54, 1.807) is 6.20 Å². The Kier molecular flexibility index (Phi) is 4.88. The SMILES string of the molecule is CCC(Nc1ncnc2c1cnn2CC(=O)OC)c1c(C)nn(C)c1C. The van der Waals surface area contributed by atoms with Crippen LogP contribution in [0.5, 0.6) is 0 Å². The second-order valence-corrected chi connectivity index (χ2v) is 6.15. The topological polar surface area (TPSA) is 99.8 Å². The van der Waals surface area contributed by atoms with Crippen molar-refractivity contribution in [3.05, 3.63) is 29.5 Å². The Morgan fingerprint density at radius 1 is 1.35 bits per heavy atom. The Hall–Kier alpha value is -2.97. The van der Waals surface area contributed by atoms with Gasteiger partial charge in [-0.1, -0.05) is 6.92 Å². The zero-order valence-electron chi connectivity index (χ0n) is 15.6. The summed E-state index contributed by atoms with van der Waals surface area (Å²) >= 11 is 0. The van der Waals surface area contributed by atoms with Crippen LogP contribution >= 0.6 is 0 Å². The van der Waals surface area contributed by atoms with Crippen LogP contribution < -0.4 is 5.32 Å². The normalized spacial score (nSPS) is 12.3. The van der Waals surface area contributed by atoms with E-state index in [0.717, 1.165) is 23.2 Å². The smallest absolute Gasteiger partial charge is 0.327 e. The van der Waals surface area contributed by atoms with Crippen molar-refractivity contribution in [3.63, 3.8) is 0 Å². The second-order valence-electron chi connectivity index (χ2n) is 6.15. The molecule has 3 aromatic heterocycles. The first-order valence-corrected chi connectivity index (χ1v) is 8.46. The fourth-order valence-electron chi connectivity index (χ4n) is 3.15. The molecule has 9 nitrogen and oxygen atoms in total. The van der Waals surface area contributed by atoms with Gasteiger partial charge in [0.25, 0.3) is 0 Å². The van der Waals surface area contributed by atoms with Gasteiger partial charge in [0.2, 0.25) is 0 Å². The number of aromatic nitrogens is 6. The lowest BCUT2D eigenvalue weighted by Gasteiger charge is -2.19. The van der Waals surface area contributed by atoms with Crippen LogP contribution in [0.1, 0.15) is 36.3 Å². The van der Waals surface area contributed by atoms with Crippen molar-refractivity contribution in [3.8, 4) is 0 Å². The molecule has 1 atom stereocenters. The minimum absolute atomic E-state index is 0.00841. The number of esters is 1. The molecule has 1 N–H and O–H groups in total. The molecule has 0 aliphatic rings. The summed E-state index contributed by atoms with van der Waals surface area (Å²) in [6.45, 7) is 6.19. The van der Waals surface area contributed by atoms with E-state index in [4.69, 9.17) is 4.74 Å². The average Bonchev–Trinajstić information content (AvgIpc) is 3.14. The van der Waals surface area contributed by atoms with Crippen molar-refractivity contribution in [1.82, 2.24) is 29.5 Å². The van der Waals surface area contributed by atoms with E-state index in [-0.39, 0.29) is 18.6 Å². The molecule has 0 saturated heterocycles. The average molecular weight is 357 g/mol. The monoisotopic (exact) mass is 357 g/mol. The maximum atomic E-state index is 11.5. The number of fused-ring (bicyclic) bond motifs is 1. The summed E-state index contributed by atoms with van der Waals surface area (Å²) in [5.41, 5.74) is 3.87. The third-order valence-corrected chi connectivity index (χ3v) is 4.57. The third kappa shape index (κ3) is 3.12. The lowest BCUT2D eigenvalue weighted by Crippen LogP contribution is -2.14. The van der Waals surface area contributed by atoms with Gasteiger partial charge in [0.15, 0.2) is 5.65 Å². The van der Waals surface area contributed by atoms with Crippen LogP contribution in [0.3, 0.4) is 0 Å². The van der Waals surface area contributed by atoms with Crippen LogP contribution in [0.2, 0.25) is 0 Å². The van der Waals surface area contributed by atoms with Crippen LogP contribution in [0.25, 0.3) is 11.0 Å². The molecule has 0 spiro atoms. The van der Waals surface area contributed by atoms with E-state index in [1.807, 2.05) is 18.7 Å². The third-order valence-electron chi connectivity index (χ3n) is 4.57. The number of ether oxygens (including phenoxy) is 1. The maximum absolute atomic E-state index is 11.5. The van der Waals surface area contributed by atoms with E-state index in [0.29, 0.717) is 11.5 Å². The number of hydrogen-bond donors (Lipinski definition) is 1. The van der Waals surface area contributed by atoms with Crippen LogP contribution in [-0.4, -0.2) is 42.6 Å². The predicted molar refractivity (Wildman–Crippen MR) is 96.7 cm³/mol. The predicted octanol–water partition coefficient (Wildman–Crippen LogP) is 1.91. The fraction of sp³-hybridized carbons (Fsp3) is 0.471. The highest BCUT2D eigenvalue weighted by atomic mass is 16.5. The Morgan fingerprint density at radius 2 is 2.12 bits per heavy atom. The Balaban J connectivity index is 1.96. The highest BCUT2D eigenvalue weighted by Gasteiger charge is 2.21. The Morgan fingerprint density at radius 3 is 2.73 bits per heavy atom. The maximum Gasteiger partial charge on any atom is 0.327 e. The molecule has 0 amide bonds. The van der Waals surface area contributed by atoms with Crippen LogP contribution in [0.4, 0.5) is 5.82 Å². The van der Waals surface area contributed by atoms with Gasteiger partial charge >= 0.3 is 5.97 Å². The van der Waals surface area contributed by atoms with Gasteiger partial charge in [-0.25, -0.2) is 14.6 Å². The molecule has 3 aromatic rings. The number of methoxy groups -OCH3 is 1. The van der Waals surface area contributed by atoms with Gasteiger partial charge in [-0.3, -0.25) is 9.48 Å². The summed E-state index contributed by atoms with van der Waals surface area (Å²) in [7, 11) is 3.29. The number of hydrogen-bond acceptors (Lipinski definition) is 7. The number of aryl methyl sites for hydroxylation is 2. The number of nitrogens with one attached hydrogen (secondary N) is 1. The van der Waals surface area contributed by atoms with E-state index < -0.39 is 0 Å². The van der Waals surface area contributed by atoms with Crippen molar-refractivity contribution in [2.75, 3.05) is 12.4 Å². The highest BCUT2D eigenvalue weighted by molar-refractivity contribution is 5.87. The van der Waals surface area contributed by atoms with Gasteiger partial charge in [-0.05, 0) is 20.3 Å². The molecule has 1 unspecified atom stereocenters. The number of anilines is 1. The lowest BCUT2D eigenvalue weighted by molar-refractivity contribution is -0.141. The molecular formula is C17H23N7O2. The minimum atomic E-state index is -0.379. The van der Waals surface area contributed by atoms with Gasteiger partial charge < -0.3 is 10.1 Å². The molecule has 0 aliphatic heterocycles. The second kappa shape index (κ2) is 7.11. The highest BCUT2D eigenvalue weighted by Crippen LogP contribution is 2.29. The van der Waals surface area contributed by atoms with Crippen molar-refractivity contribution >= 4 is 22.8 Å². The van der Waals surface area contributed by atoms with Gasteiger partial charge in [-0.2, -0.15) is 10.2 Å². The van der Waals surface area contributed by atoms with Crippen molar-refractivity contribution < 1.29 is 9.53 Å². The number of rotatable bonds is 6. The summed E-state index contributed by atoms with van der Waals surface area (Å²) in [5.74, 6) is 0.303. The fourth-order valence-corrected chi connectivity index (χ4v) is 3.15. The molecule has 0 aromatic carbocycles. The first kappa shape index (κ1) is 17.8. The van der Waals surface area contributed by atoms with Crippen molar-refractivity contribution in [1.29, 1.82) is 0 Å². The minimum Gasteiger partial charge on any atom is -0.468 e. The largest absolute Gasteiger partial charge is 0.468 e. The molecule has 138 valence electrons. The number of nitrogens with zero attached hydrogens (tertiary/aromatic N) is 6.